The molecule has 2 aromatic heterocycles. The number of hydrogen-bond donors (Lipinski definition) is 2. The highest BCUT2D eigenvalue weighted by molar-refractivity contribution is 5.86. The third-order valence-corrected chi connectivity index (χ3v) is 4.36. The van der Waals surface area contributed by atoms with Crippen LogP contribution < -0.4 is 5.32 Å². The predicted molar refractivity (Wildman–Crippen MR) is 101 cm³/mol. The van der Waals surface area contributed by atoms with Gasteiger partial charge in [-0.25, -0.2) is 9.97 Å². The molecule has 0 amide bonds. The first-order valence-corrected chi connectivity index (χ1v) is 8.63. The molecule has 24 heavy (non-hydrogen) atoms. The van der Waals surface area contributed by atoms with Crippen LogP contribution >= 0.6 is 0 Å². The molecule has 0 unspecified atom stereocenters. The Bertz CT molecular complexity index is 820. The third-order valence-electron chi connectivity index (χ3n) is 4.36. The molecule has 2 N–H and O–H groups in total. The average Bonchev–Trinajstić information content (AvgIpc) is 3.00. The second kappa shape index (κ2) is 6.63. The number of nitrogens with zero attached hydrogens (tertiary/aromatic N) is 2. The molecule has 0 fully saturated rings. The fourth-order valence-electron chi connectivity index (χ4n) is 2.89. The molecule has 0 spiro atoms. The van der Waals surface area contributed by atoms with E-state index in [4.69, 9.17) is 0 Å². The summed E-state index contributed by atoms with van der Waals surface area (Å²) in [5.74, 6) is 2.71. The van der Waals surface area contributed by atoms with Crippen LogP contribution in [0, 0.1) is 6.92 Å². The quantitative estimate of drug-likeness (QED) is 0.685. The first-order chi connectivity index (χ1) is 11.4. The van der Waals surface area contributed by atoms with Crippen molar-refractivity contribution in [3.63, 3.8) is 0 Å². The van der Waals surface area contributed by atoms with E-state index in [0.717, 1.165) is 29.2 Å². The van der Waals surface area contributed by atoms with Crippen LogP contribution in [0.25, 0.3) is 11.0 Å². The number of aromatic nitrogens is 3. The number of rotatable bonds is 5. The van der Waals surface area contributed by atoms with Gasteiger partial charge in [-0.2, -0.15) is 0 Å². The van der Waals surface area contributed by atoms with Crippen molar-refractivity contribution in [1.82, 2.24) is 15.0 Å². The lowest BCUT2D eigenvalue weighted by atomic mass is 9.93. The highest BCUT2D eigenvalue weighted by atomic mass is 15.0. The van der Waals surface area contributed by atoms with Crippen LogP contribution in [0.5, 0.6) is 0 Å². The Morgan fingerprint density at radius 3 is 2.29 bits per heavy atom. The van der Waals surface area contributed by atoms with Gasteiger partial charge in [-0.05, 0) is 41.5 Å². The van der Waals surface area contributed by atoms with Crippen molar-refractivity contribution < 1.29 is 0 Å². The smallest absolute Gasteiger partial charge is 0.143 e. The number of nitrogens with one attached hydrogen (secondary N) is 2. The summed E-state index contributed by atoms with van der Waals surface area (Å²) in [6, 6.07) is 8.94. The van der Waals surface area contributed by atoms with Crippen molar-refractivity contribution in [1.29, 1.82) is 0 Å². The molecule has 0 bridgehead atoms. The summed E-state index contributed by atoms with van der Waals surface area (Å²) in [4.78, 5) is 12.1. The van der Waals surface area contributed by atoms with Gasteiger partial charge in [0.2, 0.25) is 0 Å². The van der Waals surface area contributed by atoms with Crippen molar-refractivity contribution in [3.05, 3.63) is 53.0 Å². The van der Waals surface area contributed by atoms with Gasteiger partial charge in [-0.1, -0.05) is 45.9 Å². The van der Waals surface area contributed by atoms with Gasteiger partial charge in [0.1, 0.15) is 17.3 Å². The Kier molecular flexibility index (Phi) is 4.56. The summed E-state index contributed by atoms with van der Waals surface area (Å²) in [7, 11) is 0. The van der Waals surface area contributed by atoms with Gasteiger partial charge in [0.15, 0.2) is 0 Å². The molecule has 0 radical (unpaired) electrons. The summed E-state index contributed by atoms with van der Waals surface area (Å²) in [6.45, 7) is 11.7. The molecule has 0 aliphatic carbocycles. The van der Waals surface area contributed by atoms with Crippen LogP contribution in [-0.4, -0.2) is 15.0 Å². The summed E-state index contributed by atoms with van der Waals surface area (Å²) in [5, 5.41) is 4.52. The van der Waals surface area contributed by atoms with E-state index in [2.05, 4.69) is 66.2 Å². The van der Waals surface area contributed by atoms with Gasteiger partial charge in [0.05, 0.1) is 5.39 Å². The Hall–Kier alpha value is -2.36. The van der Waals surface area contributed by atoms with Crippen LogP contribution in [-0.2, 0) is 6.54 Å². The molecule has 1 aromatic carbocycles. The Morgan fingerprint density at radius 1 is 1.00 bits per heavy atom. The van der Waals surface area contributed by atoms with E-state index < -0.39 is 0 Å². The van der Waals surface area contributed by atoms with Crippen molar-refractivity contribution in [2.45, 2.75) is 53.0 Å². The van der Waals surface area contributed by atoms with Gasteiger partial charge in [0, 0.05) is 12.7 Å². The molecular formula is C20H26N4. The number of aryl methyl sites for hydroxylation is 1. The molecule has 0 saturated heterocycles. The van der Waals surface area contributed by atoms with E-state index >= 15 is 0 Å². The fraction of sp³-hybridized carbons (Fsp3) is 0.400. The topological polar surface area (TPSA) is 53.6 Å². The zero-order chi connectivity index (χ0) is 17.3. The standard InChI is InChI=1S/C20H26N4/c1-12(2)16-8-15(9-17(10-16)13(3)4)11-22-20-18-6-7-21-19(18)23-14(5)24-20/h6-10,12-13H,11H2,1-5H3,(H2,21,22,23,24). The average molecular weight is 322 g/mol. The van der Waals surface area contributed by atoms with Crippen molar-refractivity contribution in [2.24, 2.45) is 0 Å². The highest BCUT2D eigenvalue weighted by Gasteiger charge is 2.09. The van der Waals surface area contributed by atoms with Crippen LogP contribution in [0.4, 0.5) is 5.82 Å². The molecule has 0 aliphatic heterocycles. The van der Waals surface area contributed by atoms with Crippen molar-refractivity contribution in [3.8, 4) is 0 Å². The van der Waals surface area contributed by atoms with Crippen LogP contribution in [0.1, 0.15) is 62.0 Å². The van der Waals surface area contributed by atoms with Crippen molar-refractivity contribution >= 4 is 16.9 Å². The predicted octanol–water partition coefficient (Wildman–Crippen LogP) is 5.13. The van der Waals surface area contributed by atoms with E-state index in [1.807, 2.05) is 19.2 Å². The van der Waals surface area contributed by atoms with E-state index in [1.54, 1.807) is 0 Å². The van der Waals surface area contributed by atoms with E-state index in [0.29, 0.717) is 11.8 Å². The Labute approximate surface area is 143 Å². The molecule has 4 nitrogen and oxygen atoms in total. The maximum atomic E-state index is 4.56. The summed E-state index contributed by atoms with van der Waals surface area (Å²) in [6.07, 6.45) is 1.90. The maximum Gasteiger partial charge on any atom is 0.143 e. The van der Waals surface area contributed by atoms with Gasteiger partial charge in [0.25, 0.3) is 0 Å². The number of aromatic amines is 1. The molecule has 126 valence electrons. The van der Waals surface area contributed by atoms with E-state index in [-0.39, 0.29) is 0 Å². The third kappa shape index (κ3) is 3.42. The second-order valence-corrected chi connectivity index (χ2v) is 7.03. The molecule has 3 rings (SSSR count). The maximum absolute atomic E-state index is 4.56. The van der Waals surface area contributed by atoms with E-state index in [9.17, 15) is 0 Å². The number of fused-ring (bicyclic) bond motifs is 1. The number of anilines is 1. The first-order valence-electron chi connectivity index (χ1n) is 8.63. The summed E-state index contributed by atoms with van der Waals surface area (Å²) < 4.78 is 0. The van der Waals surface area contributed by atoms with Crippen molar-refractivity contribution in [2.75, 3.05) is 5.32 Å². The van der Waals surface area contributed by atoms with E-state index in [1.165, 1.54) is 16.7 Å². The lowest BCUT2D eigenvalue weighted by Gasteiger charge is -2.15. The molecule has 0 saturated carbocycles. The lowest BCUT2D eigenvalue weighted by molar-refractivity contribution is 0.827. The molecule has 3 aromatic rings. The summed E-state index contributed by atoms with van der Waals surface area (Å²) >= 11 is 0. The minimum absolute atomic E-state index is 0.528. The number of H-pyrrole nitrogens is 1. The minimum atomic E-state index is 0.528. The number of hydrogen-bond acceptors (Lipinski definition) is 3. The molecule has 4 heteroatoms. The van der Waals surface area contributed by atoms with Crippen LogP contribution in [0.3, 0.4) is 0 Å². The molecule has 0 aliphatic rings. The fourth-order valence-corrected chi connectivity index (χ4v) is 2.89. The van der Waals surface area contributed by atoms with Gasteiger partial charge >= 0.3 is 0 Å². The zero-order valence-corrected chi connectivity index (χ0v) is 15.1. The van der Waals surface area contributed by atoms with Crippen LogP contribution in [0.15, 0.2) is 30.5 Å². The summed E-state index contributed by atoms with van der Waals surface area (Å²) in [5.41, 5.74) is 4.96. The molecule has 2 heterocycles. The lowest BCUT2D eigenvalue weighted by Crippen LogP contribution is -2.05. The highest BCUT2D eigenvalue weighted by Crippen LogP contribution is 2.25. The second-order valence-electron chi connectivity index (χ2n) is 7.03. The Balaban J connectivity index is 1.89. The van der Waals surface area contributed by atoms with Gasteiger partial charge < -0.3 is 10.3 Å². The Morgan fingerprint density at radius 2 is 1.67 bits per heavy atom. The van der Waals surface area contributed by atoms with Crippen LogP contribution in [0.2, 0.25) is 0 Å². The SMILES string of the molecule is Cc1nc(NCc2cc(C(C)C)cc(C(C)C)c2)c2cc[nH]c2n1. The minimum Gasteiger partial charge on any atom is -0.365 e. The monoisotopic (exact) mass is 322 g/mol. The molecular weight excluding hydrogens is 296 g/mol. The van der Waals surface area contributed by atoms with Gasteiger partial charge in [-0.15, -0.1) is 0 Å². The number of benzene rings is 1. The largest absolute Gasteiger partial charge is 0.365 e. The zero-order valence-electron chi connectivity index (χ0n) is 15.1. The van der Waals surface area contributed by atoms with Gasteiger partial charge in [-0.3, -0.25) is 0 Å². The first kappa shape index (κ1) is 16.5. The normalized spacial score (nSPS) is 11.6. The molecule has 0 atom stereocenters.